The minimum absolute atomic E-state index is 0.337. The van der Waals surface area contributed by atoms with Crippen LogP contribution in [0.4, 0.5) is 0 Å². The minimum Gasteiger partial charge on any atom is -0.303 e. The molecule has 1 aromatic rings. The van der Waals surface area contributed by atoms with Gasteiger partial charge < -0.3 is 4.79 Å². The van der Waals surface area contributed by atoms with Crippen LogP contribution in [0.15, 0.2) is 30.3 Å². The van der Waals surface area contributed by atoms with Gasteiger partial charge in [-0.1, -0.05) is 37.3 Å². The van der Waals surface area contributed by atoms with Crippen molar-refractivity contribution in [2.45, 2.75) is 18.6 Å². The lowest BCUT2D eigenvalue weighted by atomic mass is 10.1. The highest BCUT2D eigenvalue weighted by Crippen LogP contribution is 2.30. The SMILES string of the molecule is CCSC(CC=O)c1ccccc1. The number of carbonyl (C=O) groups is 1. The molecule has 0 bridgehead atoms. The highest BCUT2D eigenvalue weighted by molar-refractivity contribution is 7.99. The summed E-state index contributed by atoms with van der Waals surface area (Å²) in [6.45, 7) is 2.12. The van der Waals surface area contributed by atoms with Crippen molar-refractivity contribution in [1.29, 1.82) is 0 Å². The van der Waals surface area contributed by atoms with Crippen molar-refractivity contribution in [3.05, 3.63) is 35.9 Å². The highest BCUT2D eigenvalue weighted by atomic mass is 32.2. The first-order valence-electron chi connectivity index (χ1n) is 4.48. The third-order valence-corrected chi connectivity index (χ3v) is 3.05. The van der Waals surface area contributed by atoms with Gasteiger partial charge in [-0.15, -0.1) is 0 Å². The molecule has 0 saturated carbocycles. The van der Waals surface area contributed by atoms with E-state index in [1.54, 1.807) is 0 Å². The van der Waals surface area contributed by atoms with E-state index in [0.717, 1.165) is 12.0 Å². The molecule has 0 saturated heterocycles. The quantitative estimate of drug-likeness (QED) is 0.670. The molecule has 0 spiro atoms. The molecule has 0 amide bonds. The molecule has 13 heavy (non-hydrogen) atoms. The number of hydrogen-bond acceptors (Lipinski definition) is 2. The molecule has 1 nitrogen and oxygen atoms in total. The van der Waals surface area contributed by atoms with Crippen LogP contribution in [0.2, 0.25) is 0 Å². The van der Waals surface area contributed by atoms with Crippen molar-refractivity contribution < 1.29 is 4.79 Å². The predicted octanol–water partition coefficient (Wildman–Crippen LogP) is 3.07. The summed E-state index contributed by atoms with van der Waals surface area (Å²) in [7, 11) is 0. The van der Waals surface area contributed by atoms with Crippen molar-refractivity contribution in [2.24, 2.45) is 0 Å². The van der Waals surface area contributed by atoms with Crippen LogP contribution in [-0.2, 0) is 4.79 Å². The van der Waals surface area contributed by atoms with Gasteiger partial charge in [0.1, 0.15) is 6.29 Å². The summed E-state index contributed by atoms with van der Waals surface area (Å²) in [5.74, 6) is 1.05. The lowest BCUT2D eigenvalue weighted by Gasteiger charge is -2.12. The third kappa shape index (κ3) is 3.23. The standard InChI is InChI=1S/C11H14OS/c1-2-13-11(8-9-12)10-6-4-3-5-7-10/h3-7,9,11H,2,8H2,1H3. The van der Waals surface area contributed by atoms with E-state index < -0.39 is 0 Å². The molecule has 0 radical (unpaired) electrons. The van der Waals surface area contributed by atoms with Crippen LogP contribution in [0, 0.1) is 0 Å². The van der Waals surface area contributed by atoms with Gasteiger partial charge in [0.25, 0.3) is 0 Å². The molecule has 0 heterocycles. The summed E-state index contributed by atoms with van der Waals surface area (Å²) < 4.78 is 0. The van der Waals surface area contributed by atoms with Crippen LogP contribution < -0.4 is 0 Å². The first kappa shape index (κ1) is 10.3. The Hall–Kier alpha value is -0.760. The summed E-state index contributed by atoms with van der Waals surface area (Å²) in [6.07, 6.45) is 1.61. The number of thioether (sulfide) groups is 1. The molecule has 0 aliphatic heterocycles. The average molecular weight is 194 g/mol. The summed E-state index contributed by atoms with van der Waals surface area (Å²) in [5.41, 5.74) is 1.25. The number of hydrogen-bond donors (Lipinski definition) is 0. The highest BCUT2D eigenvalue weighted by Gasteiger charge is 2.09. The number of benzene rings is 1. The predicted molar refractivity (Wildman–Crippen MR) is 58.0 cm³/mol. The summed E-state index contributed by atoms with van der Waals surface area (Å²) in [4.78, 5) is 10.5. The molecule has 0 N–H and O–H groups in total. The summed E-state index contributed by atoms with van der Waals surface area (Å²) in [6, 6.07) is 10.2. The van der Waals surface area contributed by atoms with Gasteiger partial charge in [-0.05, 0) is 11.3 Å². The van der Waals surface area contributed by atoms with E-state index in [0.29, 0.717) is 11.7 Å². The second-order valence-corrected chi connectivity index (χ2v) is 4.24. The van der Waals surface area contributed by atoms with Crippen molar-refractivity contribution >= 4 is 18.0 Å². The zero-order valence-electron chi connectivity index (χ0n) is 7.77. The van der Waals surface area contributed by atoms with Gasteiger partial charge in [0.05, 0.1) is 0 Å². The Bertz CT molecular complexity index is 246. The molecule has 0 aromatic heterocycles. The normalized spacial score (nSPS) is 12.4. The Balaban J connectivity index is 2.69. The Kier molecular flexibility index (Phi) is 4.61. The van der Waals surface area contributed by atoms with Gasteiger partial charge in [0.15, 0.2) is 0 Å². The number of aldehydes is 1. The van der Waals surface area contributed by atoms with E-state index in [2.05, 4.69) is 19.1 Å². The van der Waals surface area contributed by atoms with E-state index in [1.807, 2.05) is 30.0 Å². The van der Waals surface area contributed by atoms with E-state index in [4.69, 9.17) is 0 Å². The van der Waals surface area contributed by atoms with Crippen LogP contribution >= 0.6 is 11.8 Å². The minimum atomic E-state index is 0.337. The lowest BCUT2D eigenvalue weighted by molar-refractivity contribution is -0.107. The largest absolute Gasteiger partial charge is 0.303 e. The fourth-order valence-electron chi connectivity index (χ4n) is 1.26. The summed E-state index contributed by atoms with van der Waals surface area (Å²) in [5, 5.41) is 0.337. The van der Waals surface area contributed by atoms with Crippen LogP contribution in [0.1, 0.15) is 24.2 Å². The Morgan fingerprint density at radius 2 is 2.08 bits per heavy atom. The van der Waals surface area contributed by atoms with Crippen molar-refractivity contribution in [3.63, 3.8) is 0 Å². The van der Waals surface area contributed by atoms with Crippen molar-refractivity contribution in [2.75, 3.05) is 5.75 Å². The van der Waals surface area contributed by atoms with Crippen molar-refractivity contribution in [3.8, 4) is 0 Å². The maximum atomic E-state index is 10.5. The maximum absolute atomic E-state index is 10.5. The molecule has 0 fully saturated rings. The molecule has 1 aromatic carbocycles. The van der Waals surface area contributed by atoms with Gasteiger partial charge in [-0.3, -0.25) is 0 Å². The van der Waals surface area contributed by atoms with E-state index in [1.165, 1.54) is 5.56 Å². The Labute approximate surface area is 83.5 Å². The monoisotopic (exact) mass is 194 g/mol. The van der Waals surface area contributed by atoms with Crippen LogP contribution in [0.5, 0.6) is 0 Å². The molecule has 1 rings (SSSR count). The molecular weight excluding hydrogens is 180 g/mol. The zero-order chi connectivity index (χ0) is 9.52. The fourth-order valence-corrected chi connectivity index (χ4v) is 2.22. The molecule has 1 atom stereocenters. The lowest BCUT2D eigenvalue weighted by Crippen LogP contribution is -1.95. The van der Waals surface area contributed by atoms with Crippen LogP contribution in [0.3, 0.4) is 0 Å². The molecule has 0 aliphatic rings. The molecular formula is C11H14OS. The third-order valence-electron chi connectivity index (χ3n) is 1.85. The molecule has 1 unspecified atom stereocenters. The number of rotatable bonds is 5. The average Bonchev–Trinajstić information content (AvgIpc) is 2.19. The Morgan fingerprint density at radius 3 is 2.62 bits per heavy atom. The van der Waals surface area contributed by atoms with Gasteiger partial charge in [-0.2, -0.15) is 11.8 Å². The van der Waals surface area contributed by atoms with Crippen molar-refractivity contribution in [1.82, 2.24) is 0 Å². The fraction of sp³-hybridized carbons (Fsp3) is 0.364. The molecule has 70 valence electrons. The number of carbonyl (C=O) groups excluding carboxylic acids is 1. The van der Waals surface area contributed by atoms with Gasteiger partial charge >= 0.3 is 0 Å². The topological polar surface area (TPSA) is 17.1 Å². The first-order chi connectivity index (χ1) is 6.38. The van der Waals surface area contributed by atoms with Gasteiger partial charge in [0, 0.05) is 11.7 Å². The second kappa shape index (κ2) is 5.81. The first-order valence-corrected chi connectivity index (χ1v) is 5.53. The Morgan fingerprint density at radius 1 is 1.38 bits per heavy atom. The van der Waals surface area contributed by atoms with Gasteiger partial charge in [0.2, 0.25) is 0 Å². The zero-order valence-corrected chi connectivity index (χ0v) is 8.59. The van der Waals surface area contributed by atoms with Crippen LogP contribution in [-0.4, -0.2) is 12.0 Å². The maximum Gasteiger partial charge on any atom is 0.121 e. The second-order valence-electron chi connectivity index (χ2n) is 2.76. The molecule has 2 heteroatoms. The van der Waals surface area contributed by atoms with E-state index in [-0.39, 0.29) is 0 Å². The molecule has 0 aliphatic carbocycles. The van der Waals surface area contributed by atoms with Gasteiger partial charge in [-0.25, -0.2) is 0 Å². The van der Waals surface area contributed by atoms with E-state index in [9.17, 15) is 4.79 Å². The summed E-state index contributed by atoms with van der Waals surface area (Å²) >= 11 is 1.82. The smallest absolute Gasteiger partial charge is 0.121 e. The van der Waals surface area contributed by atoms with E-state index >= 15 is 0 Å². The van der Waals surface area contributed by atoms with Crippen LogP contribution in [0.25, 0.3) is 0 Å².